The van der Waals surface area contributed by atoms with Crippen LogP contribution < -0.4 is 38.0 Å². The zero-order valence-corrected chi connectivity index (χ0v) is 27.8. The lowest BCUT2D eigenvalue weighted by Gasteiger charge is -2.23. The summed E-state index contributed by atoms with van der Waals surface area (Å²) in [5.74, 6) is 1.15. The number of hydrogen-bond acceptors (Lipinski definition) is 3. The quantitative estimate of drug-likeness (QED) is 0.103. The molecule has 0 atom stereocenters. The molecule has 1 amide bonds. The molecule has 41 heavy (non-hydrogen) atoms. The van der Waals surface area contributed by atoms with Gasteiger partial charge in [-0.25, -0.2) is 4.57 Å². The fourth-order valence-electron chi connectivity index (χ4n) is 4.86. The summed E-state index contributed by atoms with van der Waals surface area (Å²) in [4.78, 5) is 15.5. The van der Waals surface area contributed by atoms with E-state index in [0.717, 1.165) is 17.7 Å². The molecule has 0 fully saturated rings. The van der Waals surface area contributed by atoms with E-state index >= 15 is 0 Å². The first kappa shape index (κ1) is 34.9. The van der Waals surface area contributed by atoms with Crippen LogP contribution >= 0.6 is 11.6 Å². The van der Waals surface area contributed by atoms with Gasteiger partial charge in [0.1, 0.15) is 25.1 Å². The maximum atomic E-state index is 13.7. The Balaban J connectivity index is 0.00000588. The number of aromatic nitrogens is 1. The number of carbonyl (C=O) groups excluding carboxylic acids is 1. The molecule has 0 bridgehead atoms. The van der Waals surface area contributed by atoms with E-state index in [0.29, 0.717) is 41.8 Å². The van der Waals surface area contributed by atoms with Crippen molar-refractivity contribution in [2.24, 2.45) is 7.05 Å². The molecule has 0 radical (unpaired) electrons. The molecule has 3 aromatic rings. The van der Waals surface area contributed by atoms with Crippen LogP contribution in [0.1, 0.15) is 92.7 Å². The van der Waals surface area contributed by atoms with Crippen LogP contribution in [-0.4, -0.2) is 24.5 Å². The van der Waals surface area contributed by atoms with Crippen LogP contribution in [0.15, 0.2) is 66.9 Å². The van der Waals surface area contributed by atoms with Gasteiger partial charge < -0.3 is 38.4 Å². The first-order chi connectivity index (χ1) is 19.5. The summed E-state index contributed by atoms with van der Waals surface area (Å²) < 4.78 is 13.5. The number of halogens is 2. The van der Waals surface area contributed by atoms with E-state index in [4.69, 9.17) is 21.1 Å². The summed E-state index contributed by atoms with van der Waals surface area (Å²) in [5.41, 5.74) is 2.50. The number of aryl methyl sites for hydroxylation is 1. The van der Waals surface area contributed by atoms with Crippen LogP contribution in [0.2, 0.25) is 5.02 Å². The molecular weight excluding hydrogens is 647 g/mol. The van der Waals surface area contributed by atoms with E-state index < -0.39 is 0 Å². The van der Waals surface area contributed by atoms with Gasteiger partial charge in [0.25, 0.3) is 5.91 Å². The van der Waals surface area contributed by atoms with Crippen molar-refractivity contribution in [3.05, 3.63) is 88.7 Å². The molecule has 5 nitrogen and oxygen atoms in total. The van der Waals surface area contributed by atoms with E-state index in [1.165, 1.54) is 57.8 Å². The van der Waals surface area contributed by atoms with Crippen LogP contribution in [0.3, 0.4) is 0 Å². The van der Waals surface area contributed by atoms with Crippen LogP contribution in [0.5, 0.6) is 11.5 Å². The number of benzene rings is 2. The van der Waals surface area contributed by atoms with Crippen molar-refractivity contribution < 1.29 is 42.8 Å². The number of pyridine rings is 1. The van der Waals surface area contributed by atoms with Crippen LogP contribution in [0.4, 0.5) is 0 Å². The molecule has 1 heterocycles. The molecule has 0 unspecified atom stereocenters. The van der Waals surface area contributed by atoms with Gasteiger partial charge in [-0.3, -0.25) is 4.79 Å². The molecule has 0 aliphatic carbocycles. The number of amides is 1. The second kappa shape index (κ2) is 19.7. The minimum atomic E-state index is -0.0984. The third-order valence-corrected chi connectivity index (χ3v) is 7.56. The lowest BCUT2D eigenvalue weighted by molar-refractivity contribution is -0.680. The monoisotopic (exact) mass is 692 g/mol. The lowest BCUT2D eigenvalue weighted by atomic mass is 10.1. The lowest BCUT2D eigenvalue weighted by Crippen LogP contribution is -3.00. The summed E-state index contributed by atoms with van der Waals surface area (Å²) >= 11 is 6.62. The van der Waals surface area contributed by atoms with E-state index in [1.54, 1.807) is 13.2 Å². The zero-order chi connectivity index (χ0) is 28.6. The second-order valence-electron chi connectivity index (χ2n) is 10.5. The highest BCUT2D eigenvalue weighted by molar-refractivity contribution is 6.32. The van der Waals surface area contributed by atoms with Gasteiger partial charge in [-0.1, -0.05) is 101 Å². The summed E-state index contributed by atoms with van der Waals surface area (Å²) in [7, 11) is 3.57. The van der Waals surface area contributed by atoms with Gasteiger partial charge in [0.05, 0.1) is 24.3 Å². The van der Waals surface area contributed by atoms with Gasteiger partial charge in [0.2, 0.25) is 5.69 Å². The standard InChI is InChI=1S/C34H46ClN2O3.HI/c1-4-5-6-7-8-9-10-11-12-17-24-40-33-22-21-28(25-31(33)35)26-37(27-29-18-15-16-23-36(29)2)34(38)30-19-13-14-20-32(30)39-3;/h13-16,18-23,25H,4-12,17,24,26-27H2,1-3H3;1H/q+1;/p-1. The Labute approximate surface area is 269 Å². The number of ether oxygens (including phenoxy) is 2. The SMILES string of the molecule is CCCCCCCCCCCCOc1ccc(CN(Cc2cccc[n+]2C)C(=O)c2ccccc2OC)cc1Cl.[I-]. The van der Waals surface area contributed by atoms with Crippen LogP contribution in [0, 0.1) is 0 Å². The average Bonchev–Trinajstić information content (AvgIpc) is 2.97. The Morgan fingerprint density at radius 2 is 1.49 bits per heavy atom. The van der Waals surface area contributed by atoms with Crippen molar-refractivity contribution in [2.75, 3.05) is 13.7 Å². The molecule has 7 heteroatoms. The van der Waals surface area contributed by atoms with Gasteiger partial charge in [0, 0.05) is 18.7 Å². The van der Waals surface area contributed by atoms with Crippen molar-refractivity contribution in [1.82, 2.24) is 4.90 Å². The molecule has 0 N–H and O–H groups in total. The molecule has 0 spiro atoms. The fourth-order valence-corrected chi connectivity index (χ4v) is 5.12. The minimum Gasteiger partial charge on any atom is -1.00 e. The average molecular weight is 693 g/mol. The number of unbranched alkanes of at least 4 members (excludes halogenated alkanes) is 9. The van der Waals surface area contributed by atoms with E-state index in [1.807, 2.05) is 77.3 Å². The Hall–Kier alpha value is -2.32. The third kappa shape index (κ3) is 11.8. The van der Waals surface area contributed by atoms with E-state index in [9.17, 15) is 4.79 Å². The predicted molar refractivity (Wildman–Crippen MR) is 163 cm³/mol. The van der Waals surface area contributed by atoms with Gasteiger partial charge in [-0.2, -0.15) is 0 Å². The number of carbonyl (C=O) groups is 1. The van der Waals surface area contributed by atoms with Gasteiger partial charge in [-0.15, -0.1) is 0 Å². The smallest absolute Gasteiger partial charge is 0.258 e. The summed E-state index contributed by atoms with van der Waals surface area (Å²) in [6.45, 7) is 3.78. The van der Waals surface area contributed by atoms with Crippen molar-refractivity contribution in [2.45, 2.75) is 84.2 Å². The van der Waals surface area contributed by atoms with Crippen LogP contribution in [-0.2, 0) is 20.1 Å². The first-order valence-corrected chi connectivity index (χ1v) is 15.2. The summed E-state index contributed by atoms with van der Waals surface area (Å²) in [6, 6.07) is 19.1. The molecule has 0 aliphatic heterocycles. The number of hydrogen-bond donors (Lipinski definition) is 0. The normalized spacial score (nSPS) is 10.6. The number of rotatable bonds is 18. The van der Waals surface area contributed by atoms with Crippen molar-refractivity contribution >= 4 is 17.5 Å². The van der Waals surface area contributed by atoms with Gasteiger partial charge >= 0.3 is 0 Å². The molecule has 224 valence electrons. The fraction of sp³-hybridized carbons (Fsp3) is 0.471. The maximum Gasteiger partial charge on any atom is 0.258 e. The van der Waals surface area contributed by atoms with Gasteiger partial charge in [0.15, 0.2) is 6.20 Å². The number of nitrogens with zero attached hydrogens (tertiary/aromatic N) is 2. The Morgan fingerprint density at radius 1 is 0.829 bits per heavy atom. The maximum absolute atomic E-state index is 13.7. The number of para-hydroxylation sites is 1. The third-order valence-electron chi connectivity index (χ3n) is 7.27. The molecule has 2 aromatic carbocycles. The minimum absolute atomic E-state index is 0. The molecule has 0 saturated carbocycles. The van der Waals surface area contributed by atoms with Crippen LogP contribution in [0.25, 0.3) is 0 Å². The van der Waals surface area contributed by atoms with Crippen molar-refractivity contribution in [3.8, 4) is 11.5 Å². The molecular formula is C34H46ClIN2O3. The summed E-state index contributed by atoms with van der Waals surface area (Å²) in [5, 5.41) is 0.569. The zero-order valence-electron chi connectivity index (χ0n) is 24.9. The second-order valence-corrected chi connectivity index (χ2v) is 10.9. The highest BCUT2D eigenvalue weighted by atomic mass is 127. The highest BCUT2D eigenvalue weighted by Gasteiger charge is 2.23. The number of methoxy groups -OCH3 is 1. The Bertz CT molecular complexity index is 1190. The first-order valence-electron chi connectivity index (χ1n) is 14.8. The molecule has 0 saturated heterocycles. The highest BCUT2D eigenvalue weighted by Crippen LogP contribution is 2.28. The van der Waals surface area contributed by atoms with E-state index in [-0.39, 0.29) is 29.9 Å². The molecule has 0 aliphatic rings. The van der Waals surface area contributed by atoms with Crippen molar-refractivity contribution in [1.29, 1.82) is 0 Å². The Morgan fingerprint density at radius 3 is 2.15 bits per heavy atom. The summed E-state index contributed by atoms with van der Waals surface area (Å²) in [6.07, 6.45) is 14.9. The molecule has 1 aromatic heterocycles. The van der Waals surface area contributed by atoms with Crippen molar-refractivity contribution in [3.63, 3.8) is 0 Å². The van der Waals surface area contributed by atoms with Gasteiger partial charge in [-0.05, 0) is 36.2 Å². The predicted octanol–water partition coefficient (Wildman–Crippen LogP) is 5.32. The topological polar surface area (TPSA) is 42.7 Å². The largest absolute Gasteiger partial charge is 1.00 e. The Kier molecular flexibility index (Phi) is 16.8. The van der Waals surface area contributed by atoms with E-state index in [2.05, 4.69) is 6.92 Å². The molecule has 3 rings (SSSR count).